The van der Waals surface area contributed by atoms with Gasteiger partial charge in [-0.1, -0.05) is 131 Å². The van der Waals surface area contributed by atoms with Crippen molar-refractivity contribution in [2.45, 2.75) is 108 Å². The maximum absolute atomic E-state index is 14.6. The molecule has 1 spiro atoms. The minimum atomic E-state index is -3.75. The summed E-state index contributed by atoms with van der Waals surface area (Å²) in [6.45, 7) is 15.9. The van der Waals surface area contributed by atoms with Gasteiger partial charge in [-0.3, -0.25) is 0 Å². The van der Waals surface area contributed by atoms with Crippen LogP contribution in [0.2, 0.25) is 5.04 Å². The fourth-order valence-corrected chi connectivity index (χ4v) is 14.7. The minimum absolute atomic E-state index is 0.0521. The number of unbranched alkanes of at least 4 members (excludes halogenated alkanes) is 1. The van der Waals surface area contributed by atoms with E-state index in [1.54, 1.807) is 12.1 Å². The number of hydrogen-bond acceptors (Lipinski definition) is 3. The lowest BCUT2D eigenvalue weighted by molar-refractivity contribution is -0.0404. The van der Waals surface area contributed by atoms with Gasteiger partial charge < -0.3 is 4.43 Å². The van der Waals surface area contributed by atoms with Crippen molar-refractivity contribution in [3.63, 3.8) is 0 Å². The second kappa shape index (κ2) is 13.1. The van der Waals surface area contributed by atoms with Crippen molar-refractivity contribution in [1.29, 1.82) is 0 Å². The smallest absolute Gasteiger partial charge is 0.261 e. The van der Waals surface area contributed by atoms with Crippen molar-refractivity contribution in [3.8, 4) is 0 Å². The maximum Gasteiger partial charge on any atom is 0.261 e. The third-order valence-corrected chi connectivity index (χ3v) is 17.2. The Morgan fingerprint density at radius 3 is 2.07 bits per heavy atom. The molecule has 3 aromatic rings. The van der Waals surface area contributed by atoms with Gasteiger partial charge in [0, 0.05) is 18.0 Å². The van der Waals surface area contributed by atoms with Crippen LogP contribution >= 0.6 is 0 Å². The van der Waals surface area contributed by atoms with Crippen LogP contribution in [-0.2, 0) is 14.4 Å². The molecule has 44 heavy (non-hydrogen) atoms. The number of sulfonamides is 1. The highest BCUT2D eigenvalue weighted by Crippen LogP contribution is 2.52. The fraction of sp³-hybridized carbons (Fsp3) is 0.474. The van der Waals surface area contributed by atoms with Crippen molar-refractivity contribution in [3.05, 3.63) is 103 Å². The first-order valence-corrected chi connectivity index (χ1v) is 19.9. The summed E-state index contributed by atoms with van der Waals surface area (Å²) in [6.07, 6.45) is 7.41. The summed E-state index contributed by atoms with van der Waals surface area (Å²) in [5.41, 5.74) is 1.54. The van der Waals surface area contributed by atoms with E-state index in [0.717, 1.165) is 62.5 Å². The molecule has 1 heterocycles. The highest BCUT2D eigenvalue weighted by Gasteiger charge is 2.58. The summed E-state index contributed by atoms with van der Waals surface area (Å²) in [4.78, 5) is 0.376. The van der Waals surface area contributed by atoms with Crippen molar-refractivity contribution in [2.24, 2.45) is 5.92 Å². The average Bonchev–Trinajstić information content (AvgIpc) is 3.01. The molecule has 1 aliphatic carbocycles. The van der Waals surface area contributed by atoms with Crippen molar-refractivity contribution < 1.29 is 12.8 Å². The summed E-state index contributed by atoms with van der Waals surface area (Å²) in [5.74, 6) is 0.0890. The molecule has 3 atom stereocenters. The van der Waals surface area contributed by atoms with Crippen LogP contribution in [0.1, 0.15) is 84.6 Å². The Morgan fingerprint density at radius 1 is 0.932 bits per heavy atom. The Bertz CT molecular complexity index is 1480. The Labute approximate surface area is 267 Å². The Balaban J connectivity index is 1.66. The van der Waals surface area contributed by atoms with Gasteiger partial charge in [-0.15, -0.1) is 0 Å². The maximum atomic E-state index is 14.6. The van der Waals surface area contributed by atoms with Crippen LogP contribution in [-0.4, -0.2) is 39.2 Å². The van der Waals surface area contributed by atoms with Crippen LogP contribution < -0.4 is 10.4 Å². The molecule has 0 bridgehead atoms. The van der Waals surface area contributed by atoms with Gasteiger partial charge in [0.05, 0.1) is 11.0 Å². The molecule has 3 aromatic carbocycles. The molecule has 6 heteroatoms. The highest BCUT2D eigenvalue weighted by molar-refractivity contribution is 7.89. The lowest BCUT2D eigenvalue weighted by Crippen LogP contribution is -2.70. The second-order valence-corrected chi connectivity index (χ2v) is 20.3. The van der Waals surface area contributed by atoms with Crippen LogP contribution in [0.4, 0.5) is 0 Å². The molecule has 0 N–H and O–H groups in total. The number of nitrogens with zero attached hydrogens (tertiary/aromatic N) is 1. The first-order chi connectivity index (χ1) is 21.0. The topological polar surface area (TPSA) is 46.6 Å². The third kappa shape index (κ3) is 6.03. The molecule has 1 saturated carbocycles. The van der Waals surface area contributed by atoms with Crippen molar-refractivity contribution in [2.75, 3.05) is 6.54 Å². The van der Waals surface area contributed by atoms with Gasteiger partial charge in [0.15, 0.2) is 0 Å². The van der Waals surface area contributed by atoms with E-state index in [1.165, 1.54) is 10.4 Å². The van der Waals surface area contributed by atoms with E-state index in [0.29, 0.717) is 11.4 Å². The molecule has 0 amide bonds. The van der Waals surface area contributed by atoms with Gasteiger partial charge in [-0.25, -0.2) is 8.42 Å². The Kier molecular flexibility index (Phi) is 9.77. The van der Waals surface area contributed by atoms with Gasteiger partial charge in [-0.2, -0.15) is 4.31 Å². The molecular formula is C38H51NO3SSi. The van der Waals surface area contributed by atoms with Crippen LogP contribution in [0.3, 0.4) is 0 Å². The minimum Gasteiger partial charge on any atom is -0.404 e. The van der Waals surface area contributed by atoms with E-state index in [-0.39, 0.29) is 17.1 Å². The largest absolute Gasteiger partial charge is 0.404 e. The zero-order valence-electron chi connectivity index (χ0n) is 27.4. The van der Waals surface area contributed by atoms with Crippen molar-refractivity contribution in [1.82, 2.24) is 4.31 Å². The standard InChI is InChI=1S/C38H51NO3SSi/c1-7-8-20-35-36(42-44(37(4,5)6,33-16-11-9-12-17-33)34-18-13-10-14-19-34)21-15-27-38(35)28-26-31(3)29-39(38)43(40,41)32-24-22-30(2)23-25-32/h9-14,16-19,22-25,35-36H,3,7-8,15,20-21,26-29H2,1-2,4-6H3/t35-,36+,38+/m1/s1. The third-order valence-electron chi connectivity index (χ3n) is 10.2. The number of hydrogen-bond donors (Lipinski definition) is 0. The molecule has 5 rings (SSSR count). The summed E-state index contributed by atoms with van der Waals surface area (Å²) in [6, 6.07) is 29.1. The number of piperidine rings is 1. The van der Waals surface area contributed by atoms with E-state index in [1.807, 2.05) is 23.4 Å². The normalized spacial score (nSPS) is 23.6. The van der Waals surface area contributed by atoms with E-state index in [2.05, 4.69) is 94.9 Å². The quantitative estimate of drug-likeness (QED) is 0.178. The van der Waals surface area contributed by atoms with Gasteiger partial charge in [0.2, 0.25) is 10.0 Å². The Hall–Kier alpha value is -2.51. The summed E-state index contributed by atoms with van der Waals surface area (Å²) >= 11 is 0. The summed E-state index contributed by atoms with van der Waals surface area (Å²) < 4.78 is 38.9. The van der Waals surface area contributed by atoms with Crippen LogP contribution in [0, 0.1) is 12.8 Å². The molecule has 0 unspecified atom stereocenters. The van der Waals surface area contributed by atoms with Gasteiger partial charge in [0.25, 0.3) is 8.32 Å². The first kappa shape index (κ1) is 32.9. The predicted molar refractivity (Wildman–Crippen MR) is 186 cm³/mol. The van der Waals surface area contributed by atoms with E-state index in [9.17, 15) is 8.42 Å². The Morgan fingerprint density at radius 2 is 1.52 bits per heavy atom. The predicted octanol–water partition coefficient (Wildman–Crippen LogP) is 8.01. The zero-order valence-corrected chi connectivity index (χ0v) is 29.2. The summed E-state index contributed by atoms with van der Waals surface area (Å²) in [5, 5.41) is 2.40. The molecule has 4 nitrogen and oxygen atoms in total. The molecular weight excluding hydrogens is 579 g/mol. The molecule has 2 aliphatic rings. The fourth-order valence-electron chi connectivity index (χ4n) is 8.02. The lowest BCUT2D eigenvalue weighted by atomic mass is 9.65. The lowest BCUT2D eigenvalue weighted by Gasteiger charge is -2.57. The molecule has 1 saturated heterocycles. The molecule has 236 valence electrons. The van der Waals surface area contributed by atoms with E-state index in [4.69, 9.17) is 4.43 Å². The van der Waals surface area contributed by atoms with Gasteiger partial charge >= 0.3 is 0 Å². The first-order valence-electron chi connectivity index (χ1n) is 16.5. The molecule has 1 aliphatic heterocycles. The molecule has 0 aromatic heterocycles. The SMILES string of the molecule is C=C1CC[C@]2(CCC[C@H](O[Si](c3ccccc3)(c3ccccc3)C(C)(C)C)[C@H]2CCCC)N(S(=O)(=O)c2ccc(C)cc2)C1. The molecule has 2 fully saturated rings. The van der Waals surface area contributed by atoms with E-state index >= 15 is 0 Å². The van der Waals surface area contributed by atoms with Crippen LogP contribution in [0.15, 0.2) is 102 Å². The number of benzene rings is 3. The van der Waals surface area contributed by atoms with Crippen LogP contribution in [0.5, 0.6) is 0 Å². The average molecular weight is 630 g/mol. The number of rotatable bonds is 9. The number of aryl methyl sites for hydroxylation is 1. The second-order valence-electron chi connectivity index (χ2n) is 14.1. The van der Waals surface area contributed by atoms with Crippen molar-refractivity contribution >= 4 is 28.7 Å². The highest BCUT2D eigenvalue weighted by atomic mass is 32.2. The van der Waals surface area contributed by atoms with E-state index < -0.39 is 23.9 Å². The molecule has 0 radical (unpaired) electrons. The summed E-state index contributed by atoms with van der Waals surface area (Å²) in [7, 11) is -6.58. The van der Waals surface area contributed by atoms with Gasteiger partial charge in [0.1, 0.15) is 0 Å². The van der Waals surface area contributed by atoms with Gasteiger partial charge in [-0.05, 0) is 73.0 Å². The van der Waals surface area contributed by atoms with Crippen LogP contribution in [0.25, 0.3) is 0 Å². The monoisotopic (exact) mass is 629 g/mol. The zero-order chi connectivity index (χ0) is 31.6.